The van der Waals surface area contributed by atoms with Crippen molar-refractivity contribution in [2.75, 3.05) is 7.11 Å². The zero-order chi connectivity index (χ0) is 11.4. The van der Waals surface area contributed by atoms with Gasteiger partial charge in [-0.1, -0.05) is 11.6 Å². The fourth-order valence-electron chi connectivity index (χ4n) is 1.37. The van der Waals surface area contributed by atoms with Crippen molar-refractivity contribution in [2.45, 2.75) is 20.0 Å². The minimum absolute atomic E-state index is 0.0177. The molecule has 0 fully saturated rings. The van der Waals surface area contributed by atoms with Crippen molar-refractivity contribution >= 4 is 17.4 Å². The summed E-state index contributed by atoms with van der Waals surface area (Å²) in [6.45, 7) is 1.88. The van der Waals surface area contributed by atoms with Gasteiger partial charge < -0.3 is 9.84 Å². The number of benzene rings is 1. The zero-order valence-corrected chi connectivity index (χ0v) is 9.47. The number of hydrogen-bond acceptors (Lipinski definition) is 3. The second-order valence-electron chi connectivity index (χ2n) is 3.40. The molecule has 0 aliphatic heterocycles. The van der Waals surface area contributed by atoms with Gasteiger partial charge in [0.1, 0.15) is 11.5 Å². The Morgan fingerprint density at radius 1 is 1.53 bits per heavy atom. The van der Waals surface area contributed by atoms with E-state index in [1.54, 1.807) is 19.2 Å². The quantitative estimate of drug-likeness (QED) is 0.861. The summed E-state index contributed by atoms with van der Waals surface area (Å²) in [5.74, 6) is -0.0392. The summed E-state index contributed by atoms with van der Waals surface area (Å²) < 4.78 is 4.96. The fourth-order valence-corrected chi connectivity index (χ4v) is 1.63. The molecular weight excluding hydrogens is 216 g/mol. The van der Waals surface area contributed by atoms with Gasteiger partial charge >= 0.3 is 0 Å². The standard InChI is InChI=1S/C11H13ClO3/c1-7(13)3-9-4-8(6-15-2)5-10(12)11(9)14/h4-5,14H,3,6H2,1-2H3. The van der Waals surface area contributed by atoms with E-state index in [0.29, 0.717) is 12.2 Å². The molecule has 0 unspecified atom stereocenters. The zero-order valence-electron chi connectivity index (χ0n) is 8.71. The Morgan fingerprint density at radius 2 is 2.20 bits per heavy atom. The Morgan fingerprint density at radius 3 is 2.73 bits per heavy atom. The van der Waals surface area contributed by atoms with E-state index < -0.39 is 0 Å². The van der Waals surface area contributed by atoms with Crippen molar-refractivity contribution < 1.29 is 14.6 Å². The largest absolute Gasteiger partial charge is 0.506 e. The van der Waals surface area contributed by atoms with Gasteiger partial charge in [0.05, 0.1) is 11.6 Å². The average Bonchev–Trinajstić information content (AvgIpc) is 2.13. The molecule has 15 heavy (non-hydrogen) atoms. The van der Waals surface area contributed by atoms with E-state index in [-0.39, 0.29) is 23.0 Å². The Labute approximate surface area is 93.6 Å². The van der Waals surface area contributed by atoms with Crippen LogP contribution in [0.3, 0.4) is 0 Å². The summed E-state index contributed by atoms with van der Waals surface area (Å²) in [6.07, 6.45) is 0.184. The summed E-state index contributed by atoms with van der Waals surface area (Å²) in [7, 11) is 1.57. The number of aromatic hydroxyl groups is 1. The highest BCUT2D eigenvalue weighted by Gasteiger charge is 2.10. The van der Waals surface area contributed by atoms with Crippen molar-refractivity contribution in [1.82, 2.24) is 0 Å². The smallest absolute Gasteiger partial charge is 0.137 e. The predicted molar refractivity (Wildman–Crippen MR) is 58.2 cm³/mol. The molecule has 0 aliphatic rings. The molecule has 82 valence electrons. The number of ether oxygens (including phenoxy) is 1. The highest BCUT2D eigenvalue weighted by molar-refractivity contribution is 6.32. The van der Waals surface area contributed by atoms with E-state index in [1.807, 2.05) is 0 Å². The van der Waals surface area contributed by atoms with Crippen LogP contribution in [0.1, 0.15) is 18.1 Å². The lowest BCUT2D eigenvalue weighted by Gasteiger charge is -2.08. The van der Waals surface area contributed by atoms with Gasteiger partial charge in [0.25, 0.3) is 0 Å². The molecular formula is C11H13ClO3. The number of carbonyl (C=O) groups is 1. The van der Waals surface area contributed by atoms with Crippen molar-refractivity contribution in [1.29, 1.82) is 0 Å². The van der Waals surface area contributed by atoms with E-state index in [4.69, 9.17) is 16.3 Å². The highest BCUT2D eigenvalue weighted by atomic mass is 35.5. The van der Waals surface area contributed by atoms with Crippen LogP contribution in [0.2, 0.25) is 5.02 Å². The van der Waals surface area contributed by atoms with Gasteiger partial charge in [-0.2, -0.15) is 0 Å². The molecule has 0 aromatic heterocycles. The molecule has 0 bridgehead atoms. The minimum Gasteiger partial charge on any atom is -0.506 e. The van der Waals surface area contributed by atoms with Gasteiger partial charge in [-0.3, -0.25) is 4.79 Å². The topological polar surface area (TPSA) is 46.5 Å². The molecule has 3 nitrogen and oxygen atoms in total. The average molecular weight is 229 g/mol. The third kappa shape index (κ3) is 3.22. The van der Waals surface area contributed by atoms with Crippen LogP contribution in [0.4, 0.5) is 0 Å². The van der Waals surface area contributed by atoms with Crippen LogP contribution in [0.15, 0.2) is 12.1 Å². The second kappa shape index (κ2) is 5.14. The third-order valence-corrected chi connectivity index (χ3v) is 2.24. The van der Waals surface area contributed by atoms with Crippen LogP contribution < -0.4 is 0 Å². The number of rotatable bonds is 4. The fraction of sp³-hybridized carbons (Fsp3) is 0.364. The molecule has 0 saturated heterocycles. The Kier molecular flexibility index (Phi) is 4.12. The lowest BCUT2D eigenvalue weighted by Crippen LogP contribution is -1.99. The van der Waals surface area contributed by atoms with Gasteiger partial charge in [0.15, 0.2) is 0 Å². The lowest BCUT2D eigenvalue weighted by atomic mass is 10.1. The van der Waals surface area contributed by atoms with Gasteiger partial charge in [-0.25, -0.2) is 0 Å². The summed E-state index contributed by atoms with van der Waals surface area (Å²) in [4.78, 5) is 11.0. The Balaban J connectivity index is 3.06. The molecule has 0 saturated carbocycles. The Bertz CT molecular complexity index is 374. The second-order valence-corrected chi connectivity index (χ2v) is 3.80. The minimum atomic E-state index is -0.0216. The van der Waals surface area contributed by atoms with E-state index in [9.17, 15) is 9.90 Å². The Hall–Kier alpha value is -1.06. The van der Waals surface area contributed by atoms with E-state index >= 15 is 0 Å². The molecule has 1 rings (SSSR count). The first kappa shape index (κ1) is 12.0. The number of Topliss-reactive ketones (excluding diaryl/α,β-unsaturated/α-hetero) is 1. The maximum atomic E-state index is 11.0. The molecule has 1 aromatic rings. The van der Waals surface area contributed by atoms with Gasteiger partial charge in [0, 0.05) is 19.1 Å². The van der Waals surface area contributed by atoms with Crippen LogP contribution in [0.5, 0.6) is 5.75 Å². The number of phenols is 1. The summed E-state index contributed by atoms with van der Waals surface area (Å²) in [5, 5.41) is 9.86. The van der Waals surface area contributed by atoms with Crippen molar-refractivity contribution in [3.8, 4) is 5.75 Å². The number of hydrogen-bond donors (Lipinski definition) is 1. The number of ketones is 1. The molecule has 1 aromatic carbocycles. The van der Waals surface area contributed by atoms with Crippen molar-refractivity contribution in [3.05, 3.63) is 28.3 Å². The van der Waals surface area contributed by atoms with E-state index in [1.165, 1.54) is 6.92 Å². The summed E-state index contributed by atoms with van der Waals surface area (Å²) in [6, 6.07) is 3.36. The third-order valence-electron chi connectivity index (χ3n) is 1.95. The number of halogens is 1. The molecule has 0 amide bonds. The maximum Gasteiger partial charge on any atom is 0.137 e. The normalized spacial score (nSPS) is 10.3. The molecule has 0 radical (unpaired) electrons. The first-order valence-corrected chi connectivity index (χ1v) is 4.91. The van der Waals surface area contributed by atoms with E-state index in [2.05, 4.69) is 0 Å². The van der Waals surface area contributed by atoms with Gasteiger partial charge in [-0.05, 0) is 24.6 Å². The molecule has 0 spiro atoms. The monoisotopic (exact) mass is 228 g/mol. The first-order chi connectivity index (χ1) is 7.04. The van der Waals surface area contributed by atoms with Crippen LogP contribution in [-0.2, 0) is 22.6 Å². The number of methoxy groups -OCH3 is 1. The van der Waals surface area contributed by atoms with Crippen molar-refractivity contribution in [3.63, 3.8) is 0 Å². The number of phenolic OH excluding ortho intramolecular Hbond substituents is 1. The van der Waals surface area contributed by atoms with Crippen molar-refractivity contribution in [2.24, 2.45) is 0 Å². The van der Waals surface area contributed by atoms with Crippen LogP contribution in [0, 0.1) is 0 Å². The highest BCUT2D eigenvalue weighted by Crippen LogP contribution is 2.29. The number of carbonyl (C=O) groups excluding carboxylic acids is 1. The summed E-state index contributed by atoms with van der Waals surface area (Å²) >= 11 is 5.82. The van der Waals surface area contributed by atoms with E-state index in [0.717, 1.165) is 5.56 Å². The lowest BCUT2D eigenvalue weighted by molar-refractivity contribution is -0.116. The summed E-state index contributed by atoms with van der Waals surface area (Å²) in [5.41, 5.74) is 1.39. The predicted octanol–water partition coefficient (Wildman–Crippen LogP) is 2.32. The molecule has 1 N–H and O–H groups in total. The van der Waals surface area contributed by atoms with Gasteiger partial charge in [0.2, 0.25) is 0 Å². The molecule has 0 aliphatic carbocycles. The first-order valence-electron chi connectivity index (χ1n) is 4.53. The molecule has 4 heteroatoms. The maximum absolute atomic E-state index is 11.0. The molecule has 0 atom stereocenters. The van der Waals surface area contributed by atoms with Gasteiger partial charge in [-0.15, -0.1) is 0 Å². The molecule has 0 heterocycles. The van der Waals surface area contributed by atoms with Crippen LogP contribution >= 0.6 is 11.6 Å². The van der Waals surface area contributed by atoms with Crippen LogP contribution in [0.25, 0.3) is 0 Å². The van der Waals surface area contributed by atoms with Crippen LogP contribution in [-0.4, -0.2) is 18.0 Å². The SMILES string of the molecule is COCc1cc(Cl)c(O)c(CC(C)=O)c1.